The third kappa shape index (κ3) is 36400. The van der Waals surface area contributed by atoms with Crippen molar-refractivity contribution in [1.82, 2.24) is 0 Å². The number of carboxylic acid groups (broad SMARTS) is 1. The molecule has 0 heterocycles. The van der Waals surface area contributed by atoms with Gasteiger partial charge >= 0.3 is 17.1 Å². The molecule has 1 N–H and O–H groups in total. The van der Waals surface area contributed by atoms with E-state index in [2.05, 4.69) is 5.32 Å². The predicted molar refractivity (Wildman–Crippen MR) is 23.9 cm³/mol. The third-order valence-electron chi connectivity index (χ3n) is 0. The van der Waals surface area contributed by atoms with E-state index in [4.69, 9.17) is 9.90 Å². The Balaban J connectivity index is -0.0000000400. The van der Waals surface area contributed by atoms with Crippen molar-refractivity contribution in [2.24, 2.45) is 0 Å². The van der Waals surface area contributed by atoms with Crippen LogP contribution < -0.4 is 0 Å². The molecule has 4 heteroatoms. The molecule has 0 aliphatic carbocycles. The second-order valence-corrected chi connectivity index (χ2v) is 0.553. The van der Waals surface area contributed by atoms with Gasteiger partial charge in [0, 0.05) is 0 Å². The van der Waals surface area contributed by atoms with Gasteiger partial charge in [-0.3, -0.25) is 4.79 Å². The first-order chi connectivity index (χ1) is 2.83. The predicted octanol–water partition coefficient (Wildman–Crippen LogP) is 0.318. The van der Waals surface area contributed by atoms with Gasteiger partial charge in [0.05, 0.1) is 0 Å². The Morgan fingerprint density at radius 1 is 1.57 bits per heavy atom. The molecule has 3 nitrogen and oxygen atoms in total. The molecule has 0 amide bonds. The largest absolute Gasteiger partial charge is 1.00 e. The molecule has 0 aromatic carbocycles. The number of hydrogen-bond donors (Lipinski definition) is 1. The van der Waals surface area contributed by atoms with Crippen LogP contribution in [-0.2, 0) is 21.9 Å². The third-order valence-corrected chi connectivity index (χ3v) is 0. The van der Waals surface area contributed by atoms with E-state index in [9.17, 15) is 0 Å². The molecule has 0 saturated carbocycles. The van der Waals surface area contributed by atoms with Crippen LogP contribution in [0.15, 0.2) is 0 Å². The number of hydrogen-bond acceptors (Lipinski definition) is 1. The zero-order valence-corrected chi connectivity index (χ0v) is 5.12. The van der Waals surface area contributed by atoms with Crippen LogP contribution in [0.3, 0.4) is 0 Å². The van der Waals surface area contributed by atoms with E-state index in [1.165, 1.54) is 0 Å². The van der Waals surface area contributed by atoms with Crippen LogP contribution in [0.25, 0.3) is 5.32 Å². The van der Waals surface area contributed by atoms with Gasteiger partial charge in [0.2, 0.25) is 0 Å². The zero-order chi connectivity index (χ0) is 5.41. The van der Waals surface area contributed by atoms with Crippen LogP contribution in [0.5, 0.6) is 0 Å². The summed E-state index contributed by atoms with van der Waals surface area (Å²) in [5.74, 6) is 0. The Kier molecular flexibility index (Phi) is 86.4. The van der Waals surface area contributed by atoms with Gasteiger partial charge in [-0.25, -0.2) is 0 Å². The number of nitrogens with zero attached hydrogens (tertiary/aromatic N) is 1. The molecular formula is C3H8CuNO2. The van der Waals surface area contributed by atoms with Crippen molar-refractivity contribution in [2.45, 2.75) is 0 Å². The van der Waals surface area contributed by atoms with E-state index in [-0.39, 0.29) is 23.5 Å². The Labute approximate surface area is 53.6 Å². The summed E-state index contributed by atoms with van der Waals surface area (Å²) in [7, 11) is 3.50. The van der Waals surface area contributed by atoms with Crippen molar-refractivity contribution >= 4 is 6.47 Å². The van der Waals surface area contributed by atoms with E-state index < -0.39 is 0 Å². The Hall–Kier alpha value is -0.0505. The van der Waals surface area contributed by atoms with Crippen molar-refractivity contribution < 1.29 is 27.0 Å². The maximum atomic E-state index is 8.36. The summed E-state index contributed by atoms with van der Waals surface area (Å²) in [6.45, 7) is -0.250. The van der Waals surface area contributed by atoms with Gasteiger partial charge in [0.15, 0.2) is 0 Å². The molecule has 0 aliphatic heterocycles. The molecule has 0 rings (SSSR count). The molecule has 0 aromatic rings. The summed E-state index contributed by atoms with van der Waals surface area (Å²) in [5, 5.41) is 10.4. The van der Waals surface area contributed by atoms with E-state index >= 15 is 0 Å². The SMILES string of the molecule is C[N-]C.O=CO.[Cu+]. The minimum absolute atomic E-state index is 0. The van der Waals surface area contributed by atoms with E-state index in [0.29, 0.717) is 0 Å². The van der Waals surface area contributed by atoms with Crippen molar-refractivity contribution in [3.63, 3.8) is 0 Å². The Morgan fingerprint density at radius 2 is 1.57 bits per heavy atom. The molecular weight excluding hydrogens is 146 g/mol. The van der Waals surface area contributed by atoms with Gasteiger partial charge in [-0.1, -0.05) is 0 Å². The quantitative estimate of drug-likeness (QED) is 0.403. The molecule has 0 saturated heterocycles. The topological polar surface area (TPSA) is 51.4 Å². The standard InChI is InChI=1S/C2H6N.CH2O2.Cu/c1-3-2;2-1-3;/h1-2H3;1H,(H,2,3);/q-1;;+1. The summed E-state index contributed by atoms with van der Waals surface area (Å²) in [5.41, 5.74) is 0. The van der Waals surface area contributed by atoms with Crippen LogP contribution >= 0.6 is 0 Å². The van der Waals surface area contributed by atoms with Crippen molar-refractivity contribution in [3.8, 4) is 0 Å². The molecule has 0 spiro atoms. The monoisotopic (exact) mass is 153 g/mol. The average molecular weight is 154 g/mol. The van der Waals surface area contributed by atoms with Crippen LogP contribution in [0.2, 0.25) is 0 Å². The first-order valence-electron chi connectivity index (χ1n) is 1.39. The van der Waals surface area contributed by atoms with Gasteiger partial charge in [0.1, 0.15) is 0 Å². The molecule has 7 heavy (non-hydrogen) atoms. The van der Waals surface area contributed by atoms with E-state index in [1.54, 1.807) is 14.1 Å². The van der Waals surface area contributed by atoms with Crippen LogP contribution in [0.1, 0.15) is 0 Å². The summed E-state index contributed by atoms with van der Waals surface area (Å²) in [6.07, 6.45) is 0. The fourth-order valence-corrected chi connectivity index (χ4v) is 0. The molecule has 0 aliphatic rings. The van der Waals surface area contributed by atoms with Crippen molar-refractivity contribution in [1.29, 1.82) is 0 Å². The second-order valence-electron chi connectivity index (χ2n) is 0.553. The van der Waals surface area contributed by atoms with Gasteiger partial charge in [-0.2, -0.15) is 14.1 Å². The fraction of sp³-hybridized carbons (Fsp3) is 0.667. The number of carbonyl (C=O) groups is 1. The smallest absolute Gasteiger partial charge is 0.668 e. The minimum atomic E-state index is -0.250. The molecule has 48 valence electrons. The van der Waals surface area contributed by atoms with Crippen molar-refractivity contribution in [3.05, 3.63) is 5.32 Å². The molecule has 0 aromatic heterocycles. The normalized spacial score (nSPS) is 4.29. The Morgan fingerprint density at radius 3 is 1.57 bits per heavy atom. The summed E-state index contributed by atoms with van der Waals surface area (Å²) >= 11 is 0. The summed E-state index contributed by atoms with van der Waals surface area (Å²) in [6, 6.07) is 0. The Bertz CT molecular complexity index is 26.9. The van der Waals surface area contributed by atoms with Crippen LogP contribution in [-0.4, -0.2) is 25.7 Å². The van der Waals surface area contributed by atoms with Gasteiger partial charge in [-0.15, -0.1) is 0 Å². The second kappa shape index (κ2) is 38.3. The first kappa shape index (κ1) is 15.8. The van der Waals surface area contributed by atoms with Crippen molar-refractivity contribution in [2.75, 3.05) is 14.1 Å². The molecule has 0 fully saturated rings. The maximum absolute atomic E-state index is 8.36. The maximum Gasteiger partial charge on any atom is 1.00 e. The molecule has 0 bridgehead atoms. The fourth-order valence-electron chi connectivity index (χ4n) is 0. The van der Waals surface area contributed by atoms with Crippen LogP contribution in [0, 0.1) is 0 Å². The van der Waals surface area contributed by atoms with Gasteiger partial charge in [-0.05, 0) is 0 Å². The van der Waals surface area contributed by atoms with Crippen LogP contribution in [0.4, 0.5) is 0 Å². The summed E-state index contributed by atoms with van der Waals surface area (Å²) < 4.78 is 0. The first-order valence-corrected chi connectivity index (χ1v) is 1.39. The minimum Gasteiger partial charge on any atom is -0.668 e. The average Bonchev–Trinajstić information content (AvgIpc) is 1.39. The van der Waals surface area contributed by atoms with Gasteiger partial charge in [0.25, 0.3) is 6.47 Å². The molecule has 0 radical (unpaired) electrons. The van der Waals surface area contributed by atoms with E-state index in [1.807, 2.05) is 0 Å². The number of rotatable bonds is 0. The summed E-state index contributed by atoms with van der Waals surface area (Å²) in [4.78, 5) is 8.36. The molecule has 0 unspecified atom stereocenters. The molecule has 0 atom stereocenters. The van der Waals surface area contributed by atoms with Gasteiger partial charge < -0.3 is 10.4 Å². The zero-order valence-electron chi connectivity index (χ0n) is 4.18. The van der Waals surface area contributed by atoms with E-state index in [0.717, 1.165) is 0 Å².